The van der Waals surface area contributed by atoms with E-state index in [1.807, 2.05) is 0 Å². The average Bonchev–Trinajstić information content (AvgIpc) is 2.32. The normalized spacial score (nSPS) is 35.7. The molecule has 2 aliphatic heterocycles. The monoisotopic (exact) mass is 280 g/mol. The molecule has 2 saturated heterocycles. The van der Waals surface area contributed by atoms with Gasteiger partial charge in [0.1, 0.15) is 0 Å². The van der Waals surface area contributed by atoms with Crippen LogP contribution in [0.5, 0.6) is 0 Å². The molecule has 3 nitrogen and oxygen atoms in total. The summed E-state index contributed by atoms with van der Waals surface area (Å²) >= 11 is 0. The minimum atomic E-state index is 0.242. The Morgan fingerprint density at radius 2 is 1.55 bits per heavy atom. The van der Waals surface area contributed by atoms with Gasteiger partial charge < -0.3 is 15.4 Å². The van der Waals surface area contributed by atoms with Gasteiger partial charge in [-0.05, 0) is 71.6 Å². The Kier molecular flexibility index (Phi) is 3.67. The molecule has 20 heavy (non-hydrogen) atoms. The maximum absolute atomic E-state index is 5.57. The number of nitrogens with one attached hydrogen (secondary N) is 2. The maximum Gasteiger partial charge on any atom is 0.0471 e. The molecule has 3 heteroatoms. The van der Waals surface area contributed by atoms with Crippen LogP contribution >= 0.6 is 0 Å². The Morgan fingerprint density at radius 3 is 2.05 bits per heavy atom. The minimum absolute atomic E-state index is 0.242. The molecule has 2 heterocycles. The van der Waals surface area contributed by atoms with Crippen molar-refractivity contribution in [1.29, 1.82) is 0 Å². The second kappa shape index (κ2) is 4.96. The fraction of sp³-hybridized carbons (Fsp3) is 1.00. The van der Waals surface area contributed by atoms with Gasteiger partial charge >= 0.3 is 0 Å². The van der Waals surface area contributed by atoms with Gasteiger partial charge in [0, 0.05) is 36.4 Å². The van der Waals surface area contributed by atoms with Crippen molar-refractivity contribution in [2.24, 2.45) is 5.41 Å². The van der Waals surface area contributed by atoms with Crippen LogP contribution in [0.3, 0.4) is 0 Å². The highest BCUT2D eigenvalue weighted by atomic mass is 16.5. The molecular formula is C17H32N2O. The zero-order valence-electron chi connectivity index (χ0n) is 13.7. The standard InChI is InChI=1S/C17H32N2O/c1-15(2)11-13(12-16(3,4)19-15)18-14-5-6-17(14)7-9-20-10-8-17/h13-14,18-19H,5-12H2,1-4H3. The third kappa shape index (κ3) is 2.90. The summed E-state index contributed by atoms with van der Waals surface area (Å²) in [5, 5.41) is 7.81. The van der Waals surface area contributed by atoms with Gasteiger partial charge in [0.2, 0.25) is 0 Å². The molecule has 0 aromatic carbocycles. The Balaban J connectivity index is 1.63. The van der Waals surface area contributed by atoms with Crippen molar-refractivity contribution in [1.82, 2.24) is 10.6 Å². The first-order chi connectivity index (χ1) is 9.30. The van der Waals surface area contributed by atoms with Gasteiger partial charge in [-0.15, -0.1) is 0 Å². The molecule has 1 spiro atoms. The van der Waals surface area contributed by atoms with Crippen LogP contribution < -0.4 is 10.6 Å². The van der Waals surface area contributed by atoms with Crippen LogP contribution in [0, 0.1) is 5.41 Å². The average molecular weight is 280 g/mol. The van der Waals surface area contributed by atoms with Crippen LogP contribution in [0.25, 0.3) is 0 Å². The highest BCUT2D eigenvalue weighted by Crippen LogP contribution is 2.49. The first kappa shape index (κ1) is 14.8. The first-order valence-corrected chi connectivity index (χ1v) is 8.44. The summed E-state index contributed by atoms with van der Waals surface area (Å²) < 4.78 is 5.57. The summed E-state index contributed by atoms with van der Waals surface area (Å²) in [5.74, 6) is 0. The lowest BCUT2D eigenvalue weighted by Crippen LogP contribution is -2.65. The van der Waals surface area contributed by atoms with Gasteiger partial charge in [0.15, 0.2) is 0 Å². The lowest BCUT2D eigenvalue weighted by atomic mass is 9.59. The van der Waals surface area contributed by atoms with E-state index in [9.17, 15) is 0 Å². The minimum Gasteiger partial charge on any atom is -0.381 e. The molecule has 0 aromatic heterocycles. The van der Waals surface area contributed by atoms with Crippen molar-refractivity contribution in [3.8, 4) is 0 Å². The van der Waals surface area contributed by atoms with Gasteiger partial charge in [-0.1, -0.05) is 0 Å². The fourth-order valence-corrected chi connectivity index (χ4v) is 5.06. The molecule has 3 aliphatic rings. The number of piperidine rings is 1. The van der Waals surface area contributed by atoms with Gasteiger partial charge in [-0.2, -0.15) is 0 Å². The second-order valence-corrected chi connectivity index (χ2v) is 8.73. The zero-order valence-corrected chi connectivity index (χ0v) is 13.7. The van der Waals surface area contributed by atoms with E-state index in [2.05, 4.69) is 38.3 Å². The van der Waals surface area contributed by atoms with Gasteiger partial charge in [-0.3, -0.25) is 0 Å². The van der Waals surface area contributed by atoms with Crippen LogP contribution in [0.1, 0.15) is 66.2 Å². The van der Waals surface area contributed by atoms with E-state index in [0.29, 0.717) is 11.5 Å². The molecule has 1 unspecified atom stereocenters. The predicted molar refractivity (Wildman–Crippen MR) is 83.0 cm³/mol. The topological polar surface area (TPSA) is 33.3 Å². The number of hydrogen-bond acceptors (Lipinski definition) is 3. The molecule has 3 fully saturated rings. The maximum atomic E-state index is 5.57. The molecule has 1 atom stereocenters. The van der Waals surface area contributed by atoms with Crippen LogP contribution in [0.2, 0.25) is 0 Å². The third-order valence-electron chi connectivity index (χ3n) is 5.79. The molecule has 0 aromatic rings. The fourth-order valence-electron chi connectivity index (χ4n) is 5.06. The molecule has 116 valence electrons. The van der Waals surface area contributed by atoms with Crippen molar-refractivity contribution in [3.63, 3.8) is 0 Å². The highest BCUT2D eigenvalue weighted by Gasteiger charge is 2.49. The Labute approximate surface area is 124 Å². The van der Waals surface area contributed by atoms with E-state index in [1.165, 1.54) is 38.5 Å². The van der Waals surface area contributed by atoms with E-state index in [0.717, 1.165) is 19.3 Å². The van der Waals surface area contributed by atoms with Crippen LogP contribution in [-0.2, 0) is 4.74 Å². The first-order valence-electron chi connectivity index (χ1n) is 8.44. The Hall–Kier alpha value is -0.120. The molecule has 0 amide bonds. The summed E-state index contributed by atoms with van der Waals surface area (Å²) in [4.78, 5) is 0. The lowest BCUT2D eigenvalue weighted by molar-refractivity contribution is -0.0613. The molecule has 1 aliphatic carbocycles. The van der Waals surface area contributed by atoms with Crippen LogP contribution in [-0.4, -0.2) is 36.4 Å². The van der Waals surface area contributed by atoms with E-state index in [4.69, 9.17) is 4.74 Å². The summed E-state index contributed by atoms with van der Waals surface area (Å²) in [6, 6.07) is 1.40. The highest BCUT2D eigenvalue weighted by molar-refractivity contribution is 5.06. The molecule has 3 rings (SSSR count). The van der Waals surface area contributed by atoms with Crippen molar-refractivity contribution < 1.29 is 4.74 Å². The van der Waals surface area contributed by atoms with E-state index >= 15 is 0 Å². The molecule has 0 bridgehead atoms. The largest absolute Gasteiger partial charge is 0.381 e. The SMILES string of the molecule is CC1(C)CC(NC2CCC23CCOCC3)CC(C)(C)N1. The summed E-state index contributed by atoms with van der Waals surface area (Å²) in [7, 11) is 0. The second-order valence-electron chi connectivity index (χ2n) is 8.73. The van der Waals surface area contributed by atoms with Crippen molar-refractivity contribution >= 4 is 0 Å². The van der Waals surface area contributed by atoms with Crippen LogP contribution in [0.4, 0.5) is 0 Å². The quantitative estimate of drug-likeness (QED) is 0.816. The number of ether oxygens (including phenoxy) is 1. The zero-order chi connectivity index (χ0) is 14.4. The smallest absolute Gasteiger partial charge is 0.0471 e. The Bertz CT molecular complexity index is 342. The van der Waals surface area contributed by atoms with Gasteiger partial charge in [0.25, 0.3) is 0 Å². The van der Waals surface area contributed by atoms with Crippen molar-refractivity contribution in [2.75, 3.05) is 13.2 Å². The van der Waals surface area contributed by atoms with Crippen molar-refractivity contribution in [3.05, 3.63) is 0 Å². The summed E-state index contributed by atoms with van der Waals surface area (Å²) in [6.07, 6.45) is 7.78. The van der Waals surface area contributed by atoms with E-state index < -0.39 is 0 Å². The third-order valence-corrected chi connectivity index (χ3v) is 5.79. The Morgan fingerprint density at radius 1 is 0.950 bits per heavy atom. The predicted octanol–water partition coefficient (Wildman–Crippen LogP) is 2.84. The van der Waals surface area contributed by atoms with Crippen LogP contribution in [0.15, 0.2) is 0 Å². The number of rotatable bonds is 2. The van der Waals surface area contributed by atoms with E-state index in [-0.39, 0.29) is 11.1 Å². The number of hydrogen-bond donors (Lipinski definition) is 2. The van der Waals surface area contributed by atoms with E-state index in [1.54, 1.807) is 0 Å². The van der Waals surface area contributed by atoms with Crippen molar-refractivity contribution in [2.45, 2.75) is 89.4 Å². The molecular weight excluding hydrogens is 248 g/mol. The summed E-state index contributed by atoms with van der Waals surface area (Å²) in [6.45, 7) is 11.3. The molecule has 1 saturated carbocycles. The molecule has 2 N–H and O–H groups in total. The lowest BCUT2D eigenvalue weighted by Gasteiger charge is -2.55. The van der Waals surface area contributed by atoms with Gasteiger partial charge in [0.05, 0.1) is 0 Å². The summed E-state index contributed by atoms with van der Waals surface area (Å²) in [5.41, 5.74) is 1.05. The van der Waals surface area contributed by atoms with Gasteiger partial charge in [-0.25, -0.2) is 0 Å². The molecule has 0 radical (unpaired) electrons.